The normalized spacial score (nSPS) is 20.2. The second-order valence-electron chi connectivity index (χ2n) is 3.00. The number of halogens is 1. The predicted octanol–water partition coefficient (Wildman–Crippen LogP) is 1.83. The third-order valence-corrected chi connectivity index (χ3v) is 2.08. The lowest BCUT2D eigenvalue weighted by Crippen LogP contribution is -2.12. The molecule has 0 unspecified atom stereocenters. The molecular formula is C8H10FNO. The van der Waals surface area contributed by atoms with E-state index in [0.29, 0.717) is 11.7 Å². The average Bonchev–Trinajstić information content (AvgIpc) is 2.74. The van der Waals surface area contributed by atoms with E-state index in [1.807, 2.05) is 0 Å². The van der Waals surface area contributed by atoms with Gasteiger partial charge in [0.15, 0.2) is 11.6 Å². The van der Waals surface area contributed by atoms with E-state index in [4.69, 9.17) is 10.2 Å². The summed E-state index contributed by atoms with van der Waals surface area (Å²) < 4.78 is 17.7. The number of hydrogen-bond donors (Lipinski definition) is 1. The first-order chi connectivity index (χ1) is 5.29. The maximum atomic E-state index is 12.8. The van der Waals surface area contributed by atoms with Gasteiger partial charge in [0, 0.05) is 6.07 Å². The van der Waals surface area contributed by atoms with E-state index in [9.17, 15) is 4.39 Å². The van der Waals surface area contributed by atoms with Gasteiger partial charge in [-0.15, -0.1) is 0 Å². The van der Waals surface area contributed by atoms with Gasteiger partial charge in [0.05, 0.1) is 12.3 Å². The molecule has 2 rings (SSSR count). The second-order valence-corrected chi connectivity index (χ2v) is 3.00. The smallest absolute Gasteiger partial charge is 0.166 e. The van der Waals surface area contributed by atoms with Crippen molar-refractivity contribution in [1.82, 2.24) is 0 Å². The van der Waals surface area contributed by atoms with Crippen LogP contribution in [0.1, 0.15) is 24.6 Å². The van der Waals surface area contributed by atoms with Crippen molar-refractivity contribution in [1.29, 1.82) is 0 Å². The quantitative estimate of drug-likeness (QED) is 0.707. The fourth-order valence-electron chi connectivity index (χ4n) is 1.21. The summed E-state index contributed by atoms with van der Waals surface area (Å²) >= 11 is 0. The Hall–Kier alpha value is -0.830. The van der Waals surface area contributed by atoms with Gasteiger partial charge in [-0.2, -0.15) is 0 Å². The molecule has 1 aliphatic rings. The van der Waals surface area contributed by atoms with Crippen LogP contribution < -0.4 is 5.73 Å². The van der Waals surface area contributed by atoms with E-state index in [1.54, 1.807) is 0 Å². The minimum atomic E-state index is -0.315. The van der Waals surface area contributed by atoms with E-state index in [1.165, 1.54) is 12.3 Å². The van der Waals surface area contributed by atoms with E-state index in [2.05, 4.69) is 0 Å². The molecule has 0 saturated heterocycles. The van der Waals surface area contributed by atoms with Crippen LogP contribution >= 0.6 is 0 Å². The van der Waals surface area contributed by atoms with E-state index < -0.39 is 0 Å². The van der Waals surface area contributed by atoms with Crippen LogP contribution in [0.25, 0.3) is 0 Å². The molecule has 0 amide bonds. The molecule has 2 nitrogen and oxygen atoms in total. The van der Waals surface area contributed by atoms with Crippen LogP contribution in [0.15, 0.2) is 16.7 Å². The van der Waals surface area contributed by atoms with Crippen molar-refractivity contribution in [2.45, 2.75) is 18.9 Å². The van der Waals surface area contributed by atoms with Crippen LogP contribution in [-0.4, -0.2) is 0 Å². The molecule has 2 N–H and O–H groups in total. The first-order valence-electron chi connectivity index (χ1n) is 3.77. The van der Waals surface area contributed by atoms with Gasteiger partial charge in [0.25, 0.3) is 0 Å². The standard InChI is InChI=1S/C8H10FNO/c9-6-3-4-11-8(6)7(10)5-1-2-5/h3-5,7H,1-2,10H2/t7-/m1/s1. The number of hydrogen-bond acceptors (Lipinski definition) is 2. The Kier molecular flexibility index (Phi) is 1.46. The van der Waals surface area contributed by atoms with Crippen LogP contribution in [0.3, 0.4) is 0 Å². The molecule has 0 aromatic carbocycles. The molecule has 0 spiro atoms. The van der Waals surface area contributed by atoms with Crippen molar-refractivity contribution in [3.63, 3.8) is 0 Å². The zero-order chi connectivity index (χ0) is 7.84. The molecule has 1 atom stereocenters. The molecule has 60 valence electrons. The molecule has 1 saturated carbocycles. The Morgan fingerprint density at radius 1 is 1.64 bits per heavy atom. The van der Waals surface area contributed by atoms with E-state index >= 15 is 0 Å². The van der Waals surface area contributed by atoms with Crippen LogP contribution in [0, 0.1) is 11.7 Å². The first kappa shape index (κ1) is 6.85. The van der Waals surface area contributed by atoms with Crippen LogP contribution in [0.4, 0.5) is 4.39 Å². The van der Waals surface area contributed by atoms with Crippen molar-refractivity contribution in [3.8, 4) is 0 Å². The molecule has 1 fully saturated rings. The molecule has 0 radical (unpaired) electrons. The summed E-state index contributed by atoms with van der Waals surface area (Å²) in [6, 6.07) is 1.07. The van der Waals surface area contributed by atoms with Gasteiger partial charge >= 0.3 is 0 Å². The van der Waals surface area contributed by atoms with Crippen molar-refractivity contribution < 1.29 is 8.81 Å². The topological polar surface area (TPSA) is 39.2 Å². The zero-order valence-corrected chi connectivity index (χ0v) is 6.09. The maximum absolute atomic E-state index is 12.8. The van der Waals surface area contributed by atoms with Crippen molar-refractivity contribution >= 4 is 0 Å². The Labute approximate surface area is 64.2 Å². The lowest BCUT2D eigenvalue weighted by molar-refractivity contribution is 0.413. The molecule has 0 aliphatic heterocycles. The van der Waals surface area contributed by atoms with Gasteiger partial charge in [-0.05, 0) is 18.8 Å². The molecule has 1 heterocycles. The first-order valence-corrected chi connectivity index (χ1v) is 3.77. The highest BCUT2D eigenvalue weighted by molar-refractivity contribution is 5.10. The van der Waals surface area contributed by atoms with Gasteiger partial charge in [-0.3, -0.25) is 0 Å². The molecule has 3 heteroatoms. The van der Waals surface area contributed by atoms with Crippen molar-refractivity contribution in [2.75, 3.05) is 0 Å². The predicted molar refractivity (Wildman–Crippen MR) is 38.3 cm³/mol. The summed E-state index contributed by atoms with van der Waals surface area (Å²) in [5, 5.41) is 0. The summed E-state index contributed by atoms with van der Waals surface area (Å²) in [6.45, 7) is 0. The summed E-state index contributed by atoms with van der Waals surface area (Å²) in [5.41, 5.74) is 5.71. The fourth-order valence-corrected chi connectivity index (χ4v) is 1.21. The molecule has 1 aromatic rings. The number of rotatable bonds is 2. The second kappa shape index (κ2) is 2.34. The van der Waals surface area contributed by atoms with Crippen LogP contribution in [0.2, 0.25) is 0 Å². The highest BCUT2D eigenvalue weighted by Crippen LogP contribution is 2.40. The summed E-state index contributed by atoms with van der Waals surface area (Å²) in [7, 11) is 0. The van der Waals surface area contributed by atoms with Crippen molar-refractivity contribution in [3.05, 3.63) is 23.9 Å². The zero-order valence-electron chi connectivity index (χ0n) is 6.09. The van der Waals surface area contributed by atoms with Gasteiger partial charge in [0.1, 0.15) is 0 Å². The summed E-state index contributed by atoms with van der Waals surface area (Å²) in [4.78, 5) is 0. The highest BCUT2D eigenvalue weighted by Gasteiger charge is 2.32. The average molecular weight is 155 g/mol. The lowest BCUT2D eigenvalue weighted by Gasteiger charge is -2.05. The molecule has 1 aliphatic carbocycles. The molecular weight excluding hydrogens is 145 g/mol. The van der Waals surface area contributed by atoms with Crippen LogP contribution in [0.5, 0.6) is 0 Å². The van der Waals surface area contributed by atoms with E-state index in [-0.39, 0.29) is 11.9 Å². The largest absolute Gasteiger partial charge is 0.465 e. The minimum absolute atomic E-state index is 0.231. The summed E-state index contributed by atoms with van der Waals surface area (Å²) in [6.07, 6.45) is 3.54. The van der Waals surface area contributed by atoms with Gasteiger partial charge in [-0.25, -0.2) is 4.39 Å². The lowest BCUT2D eigenvalue weighted by atomic mass is 10.1. The Morgan fingerprint density at radius 2 is 2.36 bits per heavy atom. The molecule has 0 bridgehead atoms. The highest BCUT2D eigenvalue weighted by atomic mass is 19.1. The number of nitrogens with two attached hydrogens (primary N) is 1. The Morgan fingerprint density at radius 3 is 2.82 bits per heavy atom. The van der Waals surface area contributed by atoms with Crippen molar-refractivity contribution in [2.24, 2.45) is 11.7 Å². The van der Waals surface area contributed by atoms with Gasteiger partial charge in [-0.1, -0.05) is 0 Å². The third-order valence-electron chi connectivity index (χ3n) is 2.08. The molecule has 11 heavy (non-hydrogen) atoms. The van der Waals surface area contributed by atoms with Gasteiger partial charge in [0.2, 0.25) is 0 Å². The van der Waals surface area contributed by atoms with Crippen LogP contribution in [-0.2, 0) is 0 Å². The Bertz CT molecular complexity index is 254. The molecule has 1 aromatic heterocycles. The third kappa shape index (κ3) is 1.16. The monoisotopic (exact) mass is 155 g/mol. The maximum Gasteiger partial charge on any atom is 0.166 e. The fraction of sp³-hybridized carbons (Fsp3) is 0.500. The SMILES string of the molecule is N[C@@H](c1occc1F)C1CC1. The Balaban J connectivity index is 2.20. The minimum Gasteiger partial charge on any atom is -0.465 e. The van der Waals surface area contributed by atoms with Gasteiger partial charge < -0.3 is 10.2 Å². The number of furan rings is 1. The van der Waals surface area contributed by atoms with E-state index in [0.717, 1.165) is 12.8 Å². The summed E-state index contributed by atoms with van der Waals surface area (Å²) in [5.74, 6) is 0.438.